The Morgan fingerprint density at radius 3 is 3.00 bits per heavy atom. The number of aromatic nitrogens is 4. The summed E-state index contributed by atoms with van der Waals surface area (Å²) in [7, 11) is 0. The van der Waals surface area contributed by atoms with Gasteiger partial charge in [-0.25, -0.2) is 4.52 Å². The van der Waals surface area contributed by atoms with E-state index in [2.05, 4.69) is 15.1 Å². The van der Waals surface area contributed by atoms with Crippen molar-refractivity contribution >= 4 is 5.52 Å². The molecule has 96 valence electrons. The molecule has 0 aromatic carbocycles. The molecule has 0 aliphatic rings. The van der Waals surface area contributed by atoms with Gasteiger partial charge in [-0.1, -0.05) is 0 Å². The minimum Gasteiger partial charge on any atom is -0.491 e. The van der Waals surface area contributed by atoms with Gasteiger partial charge in [0.05, 0.1) is 17.3 Å². The predicted octanol–water partition coefficient (Wildman–Crippen LogP) is 1.24. The van der Waals surface area contributed by atoms with Crippen LogP contribution in [0.5, 0.6) is 5.88 Å². The molecule has 7 heteroatoms. The lowest BCUT2D eigenvalue weighted by atomic mass is 10.2. The van der Waals surface area contributed by atoms with Crippen molar-refractivity contribution < 1.29 is 9.50 Å². The van der Waals surface area contributed by atoms with E-state index in [1.54, 1.807) is 10.7 Å². The van der Waals surface area contributed by atoms with Crippen LogP contribution in [0.2, 0.25) is 0 Å². The van der Waals surface area contributed by atoms with Crippen molar-refractivity contribution in [2.24, 2.45) is 0 Å². The van der Waals surface area contributed by atoms with Crippen LogP contribution in [0.3, 0.4) is 0 Å². The van der Waals surface area contributed by atoms with E-state index in [9.17, 15) is 14.3 Å². The molecule has 19 heavy (non-hydrogen) atoms. The molecule has 3 aromatic rings. The van der Waals surface area contributed by atoms with E-state index >= 15 is 0 Å². The van der Waals surface area contributed by atoms with Gasteiger partial charge >= 0.3 is 0 Å². The number of H-pyrrole nitrogens is 1. The fourth-order valence-corrected chi connectivity index (χ4v) is 1.84. The summed E-state index contributed by atoms with van der Waals surface area (Å²) in [6, 6.07) is 3.73. The number of rotatable bonds is 1. The van der Waals surface area contributed by atoms with E-state index in [4.69, 9.17) is 0 Å². The Kier molecular flexibility index (Phi) is 2.34. The van der Waals surface area contributed by atoms with Crippen LogP contribution in [-0.4, -0.2) is 24.7 Å². The predicted molar refractivity (Wildman–Crippen MR) is 65.4 cm³/mol. The Balaban J connectivity index is 2.30. The Hall–Kier alpha value is -2.70. The lowest BCUT2D eigenvalue weighted by Crippen LogP contribution is -2.13. The van der Waals surface area contributed by atoms with Crippen LogP contribution in [0.25, 0.3) is 16.9 Å². The summed E-state index contributed by atoms with van der Waals surface area (Å²) in [5.74, 6) is -2.15. The first-order chi connectivity index (χ1) is 9.06. The van der Waals surface area contributed by atoms with Crippen molar-refractivity contribution in [3.05, 3.63) is 46.3 Å². The molecule has 3 rings (SSSR count). The third kappa shape index (κ3) is 1.75. The Morgan fingerprint density at radius 2 is 2.26 bits per heavy atom. The van der Waals surface area contributed by atoms with Gasteiger partial charge in [0, 0.05) is 6.20 Å². The Labute approximate surface area is 106 Å². The van der Waals surface area contributed by atoms with Gasteiger partial charge < -0.3 is 10.1 Å². The quantitative estimate of drug-likeness (QED) is 0.689. The van der Waals surface area contributed by atoms with E-state index in [0.717, 1.165) is 5.56 Å². The van der Waals surface area contributed by atoms with Gasteiger partial charge in [0.25, 0.3) is 11.4 Å². The number of halogens is 1. The standard InChI is InChI=1S/C12H9FN4O2/c1-6-2-3-17-8(4-6)7(5-14-17)10-15-11(18)9(13)12(19)16-10/h2-5H,1H3,(H2,15,16,18,19). The van der Waals surface area contributed by atoms with E-state index in [1.165, 1.54) is 6.20 Å². The summed E-state index contributed by atoms with van der Waals surface area (Å²) in [6.45, 7) is 1.91. The molecule has 0 saturated carbocycles. The van der Waals surface area contributed by atoms with Gasteiger partial charge in [0.15, 0.2) is 0 Å². The lowest BCUT2D eigenvalue weighted by Gasteiger charge is -2.01. The molecule has 6 nitrogen and oxygen atoms in total. The second kappa shape index (κ2) is 3.91. The minimum absolute atomic E-state index is 0.0736. The zero-order chi connectivity index (χ0) is 13.6. The number of aromatic amines is 1. The van der Waals surface area contributed by atoms with Gasteiger partial charge in [-0.15, -0.1) is 0 Å². The molecule has 0 saturated heterocycles. The zero-order valence-corrected chi connectivity index (χ0v) is 9.88. The highest BCUT2D eigenvalue weighted by atomic mass is 19.1. The number of hydrogen-bond acceptors (Lipinski definition) is 4. The van der Waals surface area contributed by atoms with Crippen molar-refractivity contribution in [3.63, 3.8) is 0 Å². The van der Waals surface area contributed by atoms with Crippen molar-refractivity contribution in [2.75, 3.05) is 0 Å². The largest absolute Gasteiger partial charge is 0.491 e. The SMILES string of the molecule is Cc1ccn2ncc(-c3nc(O)c(F)c(=O)[nH]3)c2c1. The number of nitrogens with zero attached hydrogens (tertiary/aromatic N) is 3. The second-order valence-electron chi connectivity index (χ2n) is 4.14. The van der Waals surface area contributed by atoms with E-state index in [0.29, 0.717) is 11.1 Å². The van der Waals surface area contributed by atoms with Crippen molar-refractivity contribution in [3.8, 4) is 17.3 Å². The average Bonchev–Trinajstić information content (AvgIpc) is 2.78. The highest BCUT2D eigenvalue weighted by Gasteiger charge is 2.14. The maximum absolute atomic E-state index is 13.1. The third-order valence-corrected chi connectivity index (χ3v) is 2.78. The second-order valence-corrected chi connectivity index (χ2v) is 4.14. The summed E-state index contributed by atoms with van der Waals surface area (Å²) in [4.78, 5) is 17.2. The maximum atomic E-state index is 13.1. The summed E-state index contributed by atoms with van der Waals surface area (Å²) in [6.07, 6.45) is 3.25. The van der Waals surface area contributed by atoms with Crippen LogP contribution >= 0.6 is 0 Å². The third-order valence-electron chi connectivity index (χ3n) is 2.78. The molecule has 0 amide bonds. The number of aromatic hydroxyl groups is 1. The van der Waals surface area contributed by atoms with E-state index in [-0.39, 0.29) is 5.82 Å². The van der Waals surface area contributed by atoms with Crippen LogP contribution in [0.15, 0.2) is 29.3 Å². The molecular weight excluding hydrogens is 251 g/mol. The molecule has 0 aliphatic heterocycles. The normalized spacial score (nSPS) is 11.1. The van der Waals surface area contributed by atoms with Gasteiger partial charge in [-0.3, -0.25) is 4.79 Å². The molecule has 3 heterocycles. The van der Waals surface area contributed by atoms with Crippen molar-refractivity contribution in [2.45, 2.75) is 6.92 Å². The van der Waals surface area contributed by atoms with Crippen LogP contribution in [0.4, 0.5) is 4.39 Å². The number of nitrogens with one attached hydrogen (secondary N) is 1. The number of aryl methyl sites for hydroxylation is 1. The topological polar surface area (TPSA) is 83.3 Å². The molecule has 3 aromatic heterocycles. The summed E-state index contributed by atoms with van der Waals surface area (Å²) in [5, 5.41) is 13.4. The molecule has 2 N–H and O–H groups in total. The average molecular weight is 260 g/mol. The Morgan fingerprint density at radius 1 is 1.47 bits per heavy atom. The van der Waals surface area contributed by atoms with Crippen LogP contribution in [0, 0.1) is 12.7 Å². The first-order valence-electron chi connectivity index (χ1n) is 5.49. The summed E-state index contributed by atoms with van der Waals surface area (Å²) < 4.78 is 14.7. The molecule has 0 radical (unpaired) electrons. The highest BCUT2D eigenvalue weighted by Crippen LogP contribution is 2.22. The Bertz CT molecular complexity index is 837. The molecule has 0 aliphatic carbocycles. The number of fused-ring (bicyclic) bond motifs is 1. The molecule has 0 atom stereocenters. The molecular formula is C12H9FN4O2. The van der Waals surface area contributed by atoms with Gasteiger partial charge in [-0.05, 0) is 24.6 Å². The van der Waals surface area contributed by atoms with Gasteiger partial charge in [-0.2, -0.15) is 14.5 Å². The zero-order valence-electron chi connectivity index (χ0n) is 9.88. The fraction of sp³-hybridized carbons (Fsp3) is 0.0833. The minimum atomic E-state index is -1.29. The van der Waals surface area contributed by atoms with Gasteiger partial charge in [0.2, 0.25) is 5.82 Å². The summed E-state index contributed by atoms with van der Waals surface area (Å²) in [5.41, 5.74) is 1.20. The smallest absolute Gasteiger partial charge is 0.291 e. The van der Waals surface area contributed by atoms with E-state index in [1.807, 2.05) is 19.1 Å². The summed E-state index contributed by atoms with van der Waals surface area (Å²) >= 11 is 0. The van der Waals surface area contributed by atoms with Crippen LogP contribution in [-0.2, 0) is 0 Å². The highest BCUT2D eigenvalue weighted by molar-refractivity contribution is 5.76. The van der Waals surface area contributed by atoms with Gasteiger partial charge in [0.1, 0.15) is 5.82 Å². The van der Waals surface area contributed by atoms with Crippen molar-refractivity contribution in [1.82, 2.24) is 19.6 Å². The monoisotopic (exact) mass is 260 g/mol. The molecule has 0 bridgehead atoms. The first-order valence-corrected chi connectivity index (χ1v) is 5.49. The molecule has 0 spiro atoms. The molecule has 0 unspecified atom stereocenters. The maximum Gasteiger partial charge on any atom is 0.291 e. The number of pyridine rings is 1. The van der Waals surface area contributed by atoms with E-state index < -0.39 is 17.3 Å². The van der Waals surface area contributed by atoms with Crippen LogP contribution in [0.1, 0.15) is 5.56 Å². The first kappa shape index (κ1) is 11.4. The number of hydrogen-bond donors (Lipinski definition) is 2. The molecule has 0 fully saturated rings. The van der Waals surface area contributed by atoms with Crippen LogP contribution < -0.4 is 5.56 Å². The fourth-order valence-electron chi connectivity index (χ4n) is 1.84. The lowest BCUT2D eigenvalue weighted by molar-refractivity contribution is 0.405. The van der Waals surface area contributed by atoms with Crippen molar-refractivity contribution in [1.29, 1.82) is 0 Å².